The van der Waals surface area contributed by atoms with Gasteiger partial charge in [0, 0.05) is 35.3 Å². The number of aryl methyl sites for hydroxylation is 1. The van der Waals surface area contributed by atoms with Crippen LogP contribution >= 0.6 is 0 Å². The fraction of sp³-hybridized carbons (Fsp3) is 0.0769. The molecule has 0 radical (unpaired) electrons. The summed E-state index contributed by atoms with van der Waals surface area (Å²) >= 11 is 0. The van der Waals surface area contributed by atoms with Gasteiger partial charge in [-0.25, -0.2) is 9.97 Å². The summed E-state index contributed by atoms with van der Waals surface area (Å²) in [5, 5.41) is 12.8. The normalized spacial score (nSPS) is 11.2. The van der Waals surface area contributed by atoms with Gasteiger partial charge in [-0.2, -0.15) is 5.26 Å². The minimum Gasteiger partial charge on any atom is -0.346 e. The first kappa shape index (κ1) is 20.2. The number of benzene rings is 2. The minimum absolute atomic E-state index is 0.244. The highest BCUT2D eigenvalue weighted by Gasteiger charge is 2.08. The fourth-order valence-corrected chi connectivity index (χ4v) is 3.86. The second kappa shape index (κ2) is 8.81. The third-order valence-corrected chi connectivity index (χ3v) is 5.41. The van der Waals surface area contributed by atoms with Crippen molar-refractivity contribution in [3.63, 3.8) is 0 Å². The number of aromatic nitrogens is 4. The van der Waals surface area contributed by atoms with Gasteiger partial charge in [-0.3, -0.25) is 9.36 Å². The number of hydrogen-bond donors (Lipinski definition) is 1. The number of para-hydroxylation sites is 3. The van der Waals surface area contributed by atoms with Gasteiger partial charge in [0.2, 0.25) is 5.91 Å². The number of nitrogens with one attached hydrogen (secondary N) is 1. The zero-order chi connectivity index (χ0) is 22.6. The van der Waals surface area contributed by atoms with Crippen LogP contribution in [-0.4, -0.2) is 25.0 Å². The summed E-state index contributed by atoms with van der Waals surface area (Å²) < 4.78 is 3.95. The summed E-state index contributed by atoms with van der Waals surface area (Å²) in [6, 6.07) is 21.6. The first-order valence-electron chi connectivity index (χ1n) is 10.6. The largest absolute Gasteiger partial charge is 0.346 e. The van der Waals surface area contributed by atoms with Crippen LogP contribution < -0.4 is 5.32 Å². The number of hydrogen-bond acceptors (Lipinski definition) is 4. The Morgan fingerprint density at radius 3 is 2.67 bits per heavy atom. The maximum atomic E-state index is 12.5. The molecule has 160 valence electrons. The van der Waals surface area contributed by atoms with Crippen LogP contribution in [0.15, 0.2) is 85.5 Å². The highest BCUT2D eigenvalue weighted by molar-refractivity contribution is 6.03. The van der Waals surface area contributed by atoms with Gasteiger partial charge in [0.25, 0.3) is 0 Å². The molecule has 5 aromatic rings. The molecule has 1 N–H and O–H groups in total. The Hall–Kier alpha value is -4.70. The van der Waals surface area contributed by atoms with Crippen molar-refractivity contribution in [2.24, 2.45) is 0 Å². The molecule has 3 heterocycles. The van der Waals surface area contributed by atoms with E-state index in [2.05, 4.69) is 21.4 Å². The van der Waals surface area contributed by atoms with E-state index in [-0.39, 0.29) is 5.91 Å². The average molecular weight is 432 g/mol. The lowest BCUT2D eigenvalue weighted by Crippen LogP contribution is -2.08. The lowest BCUT2D eigenvalue weighted by molar-refractivity contribution is -0.111. The Kier molecular flexibility index (Phi) is 5.40. The number of nitriles is 1. The monoisotopic (exact) mass is 432 g/mol. The Morgan fingerprint density at radius 1 is 1.03 bits per heavy atom. The van der Waals surface area contributed by atoms with E-state index >= 15 is 0 Å². The molecule has 3 aromatic heterocycles. The summed E-state index contributed by atoms with van der Waals surface area (Å²) in [5.74, 6) is 0.480. The molecule has 7 heteroatoms. The molecule has 5 rings (SSSR count). The van der Waals surface area contributed by atoms with Crippen LogP contribution in [0.1, 0.15) is 12.0 Å². The van der Waals surface area contributed by atoms with Crippen LogP contribution in [0, 0.1) is 11.3 Å². The number of carbonyl (C=O) groups excluding carboxylic acids is 1. The van der Waals surface area contributed by atoms with Crippen molar-refractivity contribution in [3.8, 4) is 11.9 Å². The number of carbonyl (C=O) groups is 1. The molecule has 0 aliphatic rings. The van der Waals surface area contributed by atoms with Crippen molar-refractivity contribution >= 4 is 39.6 Å². The van der Waals surface area contributed by atoms with Crippen molar-refractivity contribution in [1.82, 2.24) is 19.1 Å². The van der Waals surface area contributed by atoms with Crippen molar-refractivity contribution in [2.45, 2.75) is 13.0 Å². The molecule has 1 amide bonds. The molecule has 0 saturated carbocycles. The summed E-state index contributed by atoms with van der Waals surface area (Å²) in [6.45, 7) is 0.612. The molecule has 0 fully saturated rings. The number of rotatable bonds is 6. The minimum atomic E-state index is -0.244. The second-order valence-electron chi connectivity index (χ2n) is 7.53. The standard InChI is InChI=1S/C26H20N6O/c27-14-5-15-31-17-19(21-6-1-3-8-23(21)31)10-13-26(33)30-20-11-12-25(28-16-20)32-18-29-22-7-2-4-9-24(22)32/h1-4,6-13,16-18H,5,15H2,(H,30,33)/b13-10+. The van der Waals surface area contributed by atoms with Gasteiger partial charge in [-0.05, 0) is 36.4 Å². The third-order valence-electron chi connectivity index (χ3n) is 5.41. The summed E-state index contributed by atoms with van der Waals surface area (Å²) in [6.07, 6.45) is 9.07. The maximum Gasteiger partial charge on any atom is 0.248 e. The molecule has 0 spiro atoms. The molecule has 0 unspecified atom stereocenters. The SMILES string of the molecule is N#CCCn1cc(/C=C/C(=O)Nc2ccc(-n3cnc4ccccc43)nc2)c2ccccc21. The van der Waals surface area contributed by atoms with Gasteiger partial charge in [-0.1, -0.05) is 30.3 Å². The van der Waals surface area contributed by atoms with Crippen LogP contribution in [0.5, 0.6) is 0 Å². The molecule has 0 bridgehead atoms. The quantitative estimate of drug-likeness (QED) is 0.385. The number of anilines is 1. The number of pyridine rings is 1. The van der Waals surface area contributed by atoms with Crippen molar-refractivity contribution in [2.75, 3.05) is 5.32 Å². The lowest BCUT2D eigenvalue weighted by Gasteiger charge is -2.05. The van der Waals surface area contributed by atoms with Gasteiger partial charge in [0.15, 0.2) is 0 Å². The molecular weight excluding hydrogens is 412 g/mol. The highest BCUT2D eigenvalue weighted by Crippen LogP contribution is 2.23. The fourth-order valence-electron chi connectivity index (χ4n) is 3.86. The maximum absolute atomic E-state index is 12.5. The van der Waals surface area contributed by atoms with Gasteiger partial charge < -0.3 is 9.88 Å². The van der Waals surface area contributed by atoms with E-state index in [4.69, 9.17) is 5.26 Å². The number of nitrogens with zero attached hydrogens (tertiary/aromatic N) is 5. The third kappa shape index (κ3) is 4.10. The Labute approximate surface area is 190 Å². The van der Waals surface area contributed by atoms with E-state index in [1.165, 1.54) is 6.08 Å². The molecule has 0 aliphatic heterocycles. The smallest absolute Gasteiger partial charge is 0.248 e. The second-order valence-corrected chi connectivity index (χ2v) is 7.53. The van der Waals surface area contributed by atoms with Crippen LogP contribution in [0.3, 0.4) is 0 Å². The predicted octanol–water partition coefficient (Wildman–Crippen LogP) is 4.94. The Morgan fingerprint density at radius 2 is 1.85 bits per heavy atom. The summed E-state index contributed by atoms with van der Waals surface area (Å²) in [5.41, 5.74) is 4.45. The van der Waals surface area contributed by atoms with Crippen LogP contribution in [-0.2, 0) is 11.3 Å². The lowest BCUT2D eigenvalue weighted by atomic mass is 10.1. The number of amides is 1. The van der Waals surface area contributed by atoms with Gasteiger partial charge in [0.05, 0.1) is 35.4 Å². The highest BCUT2D eigenvalue weighted by atomic mass is 16.1. The predicted molar refractivity (Wildman–Crippen MR) is 129 cm³/mol. The van der Waals surface area contributed by atoms with E-state index in [0.29, 0.717) is 18.7 Å². The van der Waals surface area contributed by atoms with Crippen molar-refractivity contribution < 1.29 is 4.79 Å². The number of fused-ring (bicyclic) bond motifs is 2. The van der Waals surface area contributed by atoms with Gasteiger partial charge in [0.1, 0.15) is 12.1 Å². The van der Waals surface area contributed by atoms with Gasteiger partial charge >= 0.3 is 0 Å². The first-order chi connectivity index (χ1) is 16.2. The van der Waals surface area contributed by atoms with Crippen LogP contribution in [0.4, 0.5) is 5.69 Å². The topological polar surface area (TPSA) is 88.5 Å². The van der Waals surface area contributed by atoms with E-state index in [0.717, 1.165) is 33.3 Å². The summed E-state index contributed by atoms with van der Waals surface area (Å²) in [4.78, 5) is 21.4. The van der Waals surface area contributed by atoms with E-state index in [1.54, 1.807) is 18.6 Å². The molecule has 33 heavy (non-hydrogen) atoms. The zero-order valence-corrected chi connectivity index (χ0v) is 17.7. The van der Waals surface area contributed by atoms with Crippen LogP contribution in [0.2, 0.25) is 0 Å². The Bertz CT molecular complexity index is 1520. The van der Waals surface area contributed by atoms with Crippen molar-refractivity contribution in [1.29, 1.82) is 5.26 Å². The molecule has 0 aliphatic carbocycles. The number of imidazole rings is 1. The average Bonchev–Trinajstić information content (AvgIpc) is 3.44. The van der Waals surface area contributed by atoms with E-state index in [1.807, 2.05) is 76.0 Å². The molecule has 7 nitrogen and oxygen atoms in total. The van der Waals surface area contributed by atoms with E-state index in [9.17, 15) is 4.79 Å². The molecule has 2 aromatic carbocycles. The zero-order valence-electron chi connectivity index (χ0n) is 17.7. The van der Waals surface area contributed by atoms with Gasteiger partial charge in [-0.15, -0.1) is 0 Å². The van der Waals surface area contributed by atoms with Crippen molar-refractivity contribution in [3.05, 3.63) is 91.0 Å². The Balaban J connectivity index is 1.31. The molecule has 0 atom stereocenters. The van der Waals surface area contributed by atoms with E-state index < -0.39 is 0 Å². The first-order valence-corrected chi connectivity index (χ1v) is 10.6. The van der Waals surface area contributed by atoms with Crippen LogP contribution in [0.25, 0.3) is 33.8 Å². The summed E-state index contributed by atoms with van der Waals surface area (Å²) in [7, 11) is 0. The molecule has 0 saturated heterocycles. The molecular formula is C26H20N6O.